The summed E-state index contributed by atoms with van der Waals surface area (Å²) in [4.78, 5) is 23.3. The van der Waals surface area contributed by atoms with Crippen molar-refractivity contribution in [1.29, 1.82) is 0 Å². The lowest BCUT2D eigenvalue weighted by molar-refractivity contribution is -0.152. The Bertz CT molecular complexity index is 258. The van der Waals surface area contributed by atoms with Crippen LogP contribution in [0.5, 0.6) is 0 Å². The van der Waals surface area contributed by atoms with Crippen LogP contribution < -0.4 is 0 Å². The molecule has 3 nitrogen and oxygen atoms in total. The molecule has 0 fully saturated rings. The van der Waals surface area contributed by atoms with Gasteiger partial charge >= 0.3 is 5.97 Å². The number of esters is 1. The Hall–Kier alpha value is -1.12. The highest BCUT2D eigenvalue weighted by Gasteiger charge is 2.31. The summed E-state index contributed by atoms with van der Waals surface area (Å²) in [6.07, 6.45) is 5.77. The van der Waals surface area contributed by atoms with Gasteiger partial charge in [-0.15, -0.1) is 6.58 Å². The van der Waals surface area contributed by atoms with E-state index in [1.807, 2.05) is 0 Å². The van der Waals surface area contributed by atoms with Gasteiger partial charge in [0, 0.05) is 0 Å². The van der Waals surface area contributed by atoms with Crippen molar-refractivity contribution >= 4 is 11.8 Å². The predicted octanol–water partition coefficient (Wildman–Crippen LogP) is 3.14. The second kappa shape index (κ2) is 8.97. The van der Waals surface area contributed by atoms with Crippen LogP contribution in [0.1, 0.15) is 46.5 Å². The molecule has 0 saturated heterocycles. The summed E-state index contributed by atoms with van der Waals surface area (Å²) >= 11 is 0. The molecule has 0 aromatic rings. The van der Waals surface area contributed by atoms with E-state index in [9.17, 15) is 9.59 Å². The Morgan fingerprint density at radius 2 is 1.94 bits per heavy atom. The molecule has 0 radical (unpaired) electrons. The lowest BCUT2D eigenvalue weighted by Crippen LogP contribution is -2.30. The molecule has 0 aliphatic rings. The minimum atomic E-state index is -0.677. The smallest absolute Gasteiger partial charge is 0.317 e. The van der Waals surface area contributed by atoms with Gasteiger partial charge < -0.3 is 4.74 Å². The average molecular weight is 240 g/mol. The van der Waals surface area contributed by atoms with E-state index in [0.717, 1.165) is 25.7 Å². The number of allylic oxidation sites excluding steroid dienone is 1. The Balaban J connectivity index is 4.57. The molecule has 0 heterocycles. The average Bonchev–Trinajstić information content (AvgIpc) is 2.27. The van der Waals surface area contributed by atoms with Gasteiger partial charge in [0.05, 0.1) is 6.61 Å². The minimum absolute atomic E-state index is 0.0990. The van der Waals surface area contributed by atoms with Gasteiger partial charge in [-0.3, -0.25) is 9.59 Å². The van der Waals surface area contributed by atoms with Gasteiger partial charge in [-0.05, 0) is 26.2 Å². The molecular weight excluding hydrogens is 216 g/mol. The van der Waals surface area contributed by atoms with Crippen molar-refractivity contribution < 1.29 is 14.3 Å². The third-order valence-corrected chi connectivity index (χ3v) is 2.85. The number of ketones is 1. The fourth-order valence-corrected chi connectivity index (χ4v) is 1.92. The monoisotopic (exact) mass is 240 g/mol. The number of unbranched alkanes of at least 4 members (excludes halogenated alkanes) is 2. The number of hydrogen-bond donors (Lipinski definition) is 0. The third kappa shape index (κ3) is 5.66. The Morgan fingerprint density at radius 1 is 1.29 bits per heavy atom. The number of carbonyl (C=O) groups excluding carboxylic acids is 2. The van der Waals surface area contributed by atoms with Crippen LogP contribution in [0.25, 0.3) is 0 Å². The Kier molecular flexibility index (Phi) is 8.38. The number of carbonyl (C=O) groups is 2. The van der Waals surface area contributed by atoms with E-state index in [2.05, 4.69) is 13.5 Å². The van der Waals surface area contributed by atoms with E-state index >= 15 is 0 Å². The summed E-state index contributed by atoms with van der Waals surface area (Å²) < 4.78 is 4.95. The number of hydrogen-bond acceptors (Lipinski definition) is 3. The lowest BCUT2D eigenvalue weighted by atomic mass is 9.85. The molecule has 98 valence electrons. The summed E-state index contributed by atoms with van der Waals surface area (Å²) in [7, 11) is 0. The molecule has 0 saturated carbocycles. The molecule has 0 rings (SSSR count). The van der Waals surface area contributed by atoms with E-state index in [4.69, 9.17) is 4.74 Å². The largest absolute Gasteiger partial charge is 0.465 e. The Morgan fingerprint density at radius 3 is 2.35 bits per heavy atom. The standard InChI is InChI=1S/C14H24O3/c1-5-8-9-10-12(6-2)13(11(4)15)14(16)17-7-3/h6,12-13H,2,5,7-10H2,1,3-4H3. The van der Waals surface area contributed by atoms with Gasteiger partial charge in [-0.25, -0.2) is 0 Å². The van der Waals surface area contributed by atoms with Crippen molar-refractivity contribution in [2.75, 3.05) is 6.61 Å². The van der Waals surface area contributed by atoms with Crippen LogP contribution in [0.15, 0.2) is 12.7 Å². The fourth-order valence-electron chi connectivity index (χ4n) is 1.92. The zero-order chi connectivity index (χ0) is 13.3. The first-order valence-corrected chi connectivity index (χ1v) is 6.38. The highest BCUT2D eigenvalue weighted by molar-refractivity contribution is 5.98. The van der Waals surface area contributed by atoms with Gasteiger partial charge in [0.1, 0.15) is 11.7 Å². The predicted molar refractivity (Wildman–Crippen MR) is 68.6 cm³/mol. The first-order valence-electron chi connectivity index (χ1n) is 6.38. The second-order valence-electron chi connectivity index (χ2n) is 4.24. The molecule has 0 aromatic carbocycles. The SMILES string of the molecule is C=CC(CCCCC)C(C(C)=O)C(=O)OCC. The summed E-state index contributed by atoms with van der Waals surface area (Å²) in [5.41, 5.74) is 0. The molecule has 2 atom stereocenters. The molecule has 0 aliphatic heterocycles. The second-order valence-corrected chi connectivity index (χ2v) is 4.24. The van der Waals surface area contributed by atoms with Crippen molar-refractivity contribution in [2.24, 2.45) is 11.8 Å². The lowest BCUT2D eigenvalue weighted by Gasteiger charge is -2.20. The molecule has 0 spiro atoms. The summed E-state index contributed by atoms with van der Waals surface area (Å²) in [5, 5.41) is 0. The van der Waals surface area contributed by atoms with Gasteiger partial charge in [0.25, 0.3) is 0 Å². The van der Waals surface area contributed by atoms with Gasteiger partial charge in [-0.2, -0.15) is 0 Å². The van der Waals surface area contributed by atoms with Crippen molar-refractivity contribution in [2.45, 2.75) is 46.5 Å². The van der Waals surface area contributed by atoms with E-state index in [1.54, 1.807) is 13.0 Å². The molecule has 0 aromatic heterocycles. The topological polar surface area (TPSA) is 43.4 Å². The van der Waals surface area contributed by atoms with Gasteiger partial charge in [0.15, 0.2) is 0 Å². The van der Waals surface area contributed by atoms with Crippen LogP contribution in [0.2, 0.25) is 0 Å². The third-order valence-electron chi connectivity index (χ3n) is 2.85. The molecule has 17 heavy (non-hydrogen) atoms. The van der Waals surface area contributed by atoms with E-state index in [-0.39, 0.29) is 11.7 Å². The maximum absolute atomic E-state index is 11.7. The van der Waals surface area contributed by atoms with E-state index in [0.29, 0.717) is 6.61 Å². The maximum Gasteiger partial charge on any atom is 0.317 e. The van der Waals surface area contributed by atoms with E-state index < -0.39 is 11.9 Å². The molecule has 0 amide bonds. The summed E-state index contributed by atoms with van der Waals surface area (Å²) in [6.45, 7) is 9.34. The van der Waals surface area contributed by atoms with Gasteiger partial charge in [-0.1, -0.05) is 32.3 Å². The quantitative estimate of drug-likeness (QED) is 0.269. The molecule has 0 N–H and O–H groups in total. The number of rotatable bonds is 9. The molecule has 0 bridgehead atoms. The number of ether oxygens (including phenoxy) is 1. The molecule has 0 aliphatic carbocycles. The van der Waals surface area contributed by atoms with Crippen LogP contribution in [0.4, 0.5) is 0 Å². The Labute approximate surface area is 104 Å². The van der Waals surface area contributed by atoms with Gasteiger partial charge in [0.2, 0.25) is 0 Å². The highest BCUT2D eigenvalue weighted by atomic mass is 16.5. The first kappa shape index (κ1) is 15.9. The molecular formula is C14H24O3. The maximum atomic E-state index is 11.7. The van der Waals surface area contributed by atoms with E-state index in [1.165, 1.54) is 6.92 Å². The summed E-state index contributed by atoms with van der Waals surface area (Å²) in [6, 6.07) is 0. The van der Waals surface area contributed by atoms with Crippen LogP contribution >= 0.6 is 0 Å². The van der Waals surface area contributed by atoms with Crippen LogP contribution in [0, 0.1) is 11.8 Å². The summed E-state index contributed by atoms with van der Waals surface area (Å²) in [5.74, 6) is -1.33. The zero-order valence-electron chi connectivity index (χ0n) is 11.2. The van der Waals surface area contributed by atoms with Crippen molar-refractivity contribution in [3.63, 3.8) is 0 Å². The van der Waals surface area contributed by atoms with Crippen molar-refractivity contribution in [1.82, 2.24) is 0 Å². The van der Waals surface area contributed by atoms with Crippen LogP contribution in [0.3, 0.4) is 0 Å². The first-order chi connectivity index (χ1) is 8.08. The highest BCUT2D eigenvalue weighted by Crippen LogP contribution is 2.23. The normalized spacial score (nSPS) is 13.8. The molecule has 3 heteroatoms. The van der Waals surface area contributed by atoms with Crippen molar-refractivity contribution in [3.8, 4) is 0 Å². The van der Waals surface area contributed by atoms with Crippen molar-refractivity contribution in [3.05, 3.63) is 12.7 Å². The van der Waals surface area contributed by atoms with Crippen LogP contribution in [-0.2, 0) is 14.3 Å². The van der Waals surface area contributed by atoms with Crippen LogP contribution in [-0.4, -0.2) is 18.4 Å². The number of Topliss-reactive ketones (excluding diaryl/α,β-unsaturated/α-hetero) is 1. The molecule has 2 unspecified atom stereocenters. The fraction of sp³-hybridized carbons (Fsp3) is 0.714. The zero-order valence-corrected chi connectivity index (χ0v) is 11.2. The minimum Gasteiger partial charge on any atom is -0.465 e.